The number of carbonyl (C=O) groups is 1. The van der Waals surface area contributed by atoms with E-state index in [9.17, 15) is 4.79 Å². The zero-order valence-electron chi connectivity index (χ0n) is 11.7. The number of benzene rings is 1. The van der Waals surface area contributed by atoms with Crippen molar-refractivity contribution in [2.24, 2.45) is 0 Å². The van der Waals surface area contributed by atoms with Crippen LogP contribution in [-0.2, 0) is 0 Å². The number of amides is 1. The molecule has 1 aromatic carbocycles. The first kappa shape index (κ1) is 14.4. The monoisotopic (exact) mass is 357 g/mol. The van der Waals surface area contributed by atoms with Crippen molar-refractivity contribution in [3.63, 3.8) is 0 Å². The maximum absolute atomic E-state index is 12.3. The Morgan fingerprint density at radius 1 is 1.23 bits per heavy atom. The first-order valence-corrected chi connectivity index (χ1v) is 7.32. The molecule has 0 aliphatic carbocycles. The Bertz CT molecular complexity index is 830. The smallest absolute Gasteiger partial charge is 0.257 e. The highest BCUT2D eigenvalue weighted by molar-refractivity contribution is 9.10. The molecule has 3 rings (SSSR count). The average Bonchev–Trinajstić information content (AvgIpc) is 2.94. The SMILES string of the molecule is Cc1nccn1-c1cc(NC(=O)c2ccccc2Br)ncn1. The quantitative estimate of drug-likeness (QED) is 0.781. The zero-order valence-corrected chi connectivity index (χ0v) is 13.3. The van der Waals surface area contributed by atoms with E-state index in [1.54, 1.807) is 30.6 Å². The van der Waals surface area contributed by atoms with Gasteiger partial charge in [-0.3, -0.25) is 9.36 Å². The summed E-state index contributed by atoms with van der Waals surface area (Å²) in [6.07, 6.45) is 4.90. The Balaban J connectivity index is 1.86. The molecule has 0 fully saturated rings. The van der Waals surface area contributed by atoms with Gasteiger partial charge in [-0.2, -0.15) is 0 Å². The fourth-order valence-electron chi connectivity index (χ4n) is 2.00. The van der Waals surface area contributed by atoms with Crippen molar-refractivity contribution in [1.29, 1.82) is 0 Å². The molecular formula is C15H12BrN5O. The van der Waals surface area contributed by atoms with E-state index in [1.165, 1.54) is 6.33 Å². The summed E-state index contributed by atoms with van der Waals surface area (Å²) >= 11 is 3.36. The van der Waals surface area contributed by atoms with Gasteiger partial charge < -0.3 is 5.32 Å². The van der Waals surface area contributed by atoms with Crippen LogP contribution in [0.4, 0.5) is 5.82 Å². The molecule has 1 amide bonds. The molecule has 0 saturated heterocycles. The summed E-state index contributed by atoms with van der Waals surface area (Å²) in [6.45, 7) is 1.88. The molecule has 0 unspecified atom stereocenters. The largest absolute Gasteiger partial charge is 0.306 e. The predicted molar refractivity (Wildman–Crippen MR) is 86.0 cm³/mol. The van der Waals surface area contributed by atoms with Gasteiger partial charge in [0.15, 0.2) is 0 Å². The lowest BCUT2D eigenvalue weighted by atomic mass is 10.2. The van der Waals surface area contributed by atoms with Gasteiger partial charge in [0.25, 0.3) is 5.91 Å². The van der Waals surface area contributed by atoms with E-state index in [0.29, 0.717) is 17.2 Å². The molecule has 22 heavy (non-hydrogen) atoms. The van der Waals surface area contributed by atoms with Crippen LogP contribution in [0.3, 0.4) is 0 Å². The second-order valence-corrected chi connectivity index (χ2v) is 5.39. The Morgan fingerprint density at radius 3 is 2.77 bits per heavy atom. The van der Waals surface area contributed by atoms with E-state index < -0.39 is 0 Å². The van der Waals surface area contributed by atoms with Crippen LogP contribution < -0.4 is 5.32 Å². The fourth-order valence-corrected chi connectivity index (χ4v) is 2.46. The van der Waals surface area contributed by atoms with Crippen LogP contribution in [-0.4, -0.2) is 25.4 Å². The second-order valence-electron chi connectivity index (χ2n) is 4.54. The molecule has 0 aliphatic heterocycles. The minimum absolute atomic E-state index is 0.237. The summed E-state index contributed by atoms with van der Waals surface area (Å²) < 4.78 is 2.54. The molecule has 2 aromatic heterocycles. The maximum atomic E-state index is 12.3. The van der Waals surface area contributed by atoms with Gasteiger partial charge in [0.2, 0.25) is 0 Å². The summed E-state index contributed by atoms with van der Waals surface area (Å²) in [5.41, 5.74) is 0.543. The molecular weight excluding hydrogens is 346 g/mol. The molecule has 0 bridgehead atoms. The number of rotatable bonds is 3. The highest BCUT2D eigenvalue weighted by atomic mass is 79.9. The Labute approximate surface area is 135 Å². The Hall–Kier alpha value is -2.54. The molecule has 1 N–H and O–H groups in total. The average molecular weight is 358 g/mol. The van der Waals surface area contributed by atoms with Gasteiger partial charge in [0.1, 0.15) is 23.8 Å². The van der Waals surface area contributed by atoms with Crippen LogP contribution in [0.2, 0.25) is 0 Å². The van der Waals surface area contributed by atoms with Crippen molar-refractivity contribution in [3.8, 4) is 5.82 Å². The zero-order chi connectivity index (χ0) is 15.5. The summed E-state index contributed by atoms with van der Waals surface area (Å²) in [4.78, 5) is 24.7. The lowest BCUT2D eigenvalue weighted by Crippen LogP contribution is -2.14. The van der Waals surface area contributed by atoms with Crippen molar-refractivity contribution in [3.05, 3.63) is 64.9 Å². The van der Waals surface area contributed by atoms with Gasteiger partial charge >= 0.3 is 0 Å². The van der Waals surface area contributed by atoms with Gasteiger partial charge in [0, 0.05) is 22.9 Å². The number of aryl methyl sites for hydroxylation is 1. The van der Waals surface area contributed by atoms with E-state index in [4.69, 9.17) is 0 Å². The summed E-state index contributed by atoms with van der Waals surface area (Å²) in [6, 6.07) is 8.91. The molecule has 3 aromatic rings. The second kappa shape index (κ2) is 6.07. The van der Waals surface area contributed by atoms with Crippen molar-refractivity contribution in [2.75, 3.05) is 5.32 Å². The normalized spacial score (nSPS) is 10.5. The molecule has 0 saturated carbocycles. The van der Waals surface area contributed by atoms with Gasteiger partial charge in [-0.25, -0.2) is 15.0 Å². The lowest BCUT2D eigenvalue weighted by Gasteiger charge is -2.08. The molecule has 2 heterocycles. The van der Waals surface area contributed by atoms with Crippen LogP contribution in [0, 0.1) is 6.92 Å². The third-order valence-electron chi connectivity index (χ3n) is 3.09. The predicted octanol–water partition coefficient (Wildman–Crippen LogP) is 2.99. The van der Waals surface area contributed by atoms with Crippen molar-refractivity contribution < 1.29 is 4.79 Å². The third-order valence-corrected chi connectivity index (χ3v) is 3.78. The number of imidazole rings is 1. The van der Waals surface area contributed by atoms with E-state index in [2.05, 4.69) is 36.2 Å². The number of halogens is 1. The molecule has 0 aliphatic rings. The highest BCUT2D eigenvalue weighted by Gasteiger charge is 2.11. The number of hydrogen-bond donors (Lipinski definition) is 1. The van der Waals surface area contributed by atoms with E-state index in [0.717, 1.165) is 10.3 Å². The van der Waals surface area contributed by atoms with Crippen LogP contribution in [0.25, 0.3) is 5.82 Å². The Kier molecular flexibility index (Phi) is 3.97. The molecule has 6 nitrogen and oxygen atoms in total. The van der Waals surface area contributed by atoms with Gasteiger partial charge in [-0.15, -0.1) is 0 Å². The molecule has 0 radical (unpaired) electrons. The number of aromatic nitrogens is 4. The first-order valence-electron chi connectivity index (χ1n) is 6.53. The summed E-state index contributed by atoms with van der Waals surface area (Å²) in [7, 11) is 0. The third kappa shape index (κ3) is 2.89. The fraction of sp³-hybridized carbons (Fsp3) is 0.0667. The van der Waals surface area contributed by atoms with Gasteiger partial charge in [-0.1, -0.05) is 12.1 Å². The first-order chi connectivity index (χ1) is 10.6. The number of nitrogens with one attached hydrogen (secondary N) is 1. The lowest BCUT2D eigenvalue weighted by molar-refractivity contribution is 0.102. The van der Waals surface area contributed by atoms with Crippen molar-refractivity contribution in [2.45, 2.75) is 6.92 Å². The maximum Gasteiger partial charge on any atom is 0.257 e. The number of nitrogens with zero attached hydrogens (tertiary/aromatic N) is 4. The van der Waals surface area contributed by atoms with E-state index in [1.807, 2.05) is 23.6 Å². The standard InChI is InChI=1S/C15H12BrN5O/c1-10-17-6-7-21(10)14-8-13(18-9-19-14)20-15(22)11-4-2-3-5-12(11)16/h2-9H,1H3,(H,18,19,20,22). The van der Waals surface area contributed by atoms with Crippen LogP contribution in [0.1, 0.15) is 16.2 Å². The van der Waals surface area contributed by atoms with E-state index in [-0.39, 0.29) is 5.91 Å². The molecule has 7 heteroatoms. The van der Waals surface area contributed by atoms with Crippen LogP contribution in [0.15, 0.2) is 53.5 Å². The number of hydrogen-bond acceptors (Lipinski definition) is 4. The topological polar surface area (TPSA) is 72.7 Å². The summed E-state index contributed by atoms with van der Waals surface area (Å²) in [5.74, 6) is 1.65. The number of carbonyl (C=O) groups excluding carboxylic acids is 1. The van der Waals surface area contributed by atoms with Crippen molar-refractivity contribution >= 4 is 27.7 Å². The van der Waals surface area contributed by atoms with Crippen molar-refractivity contribution in [1.82, 2.24) is 19.5 Å². The minimum atomic E-state index is -0.237. The Morgan fingerprint density at radius 2 is 2.05 bits per heavy atom. The van der Waals surface area contributed by atoms with Gasteiger partial charge in [-0.05, 0) is 35.0 Å². The summed E-state index contributed by atoms with van der Waals surface area (Å²) in [5, 5.41) is 2.77. The highest BCUT2D eigenvalue weighted by Crippen LogP contribution is 2.18. The van der Waals surface area contributed by atoms with Crippen LogP contribution in [0.5, 0.6) is 0 Å². The van der Waals surface area contributed by atoms with E-state index >= 15 is 0 Å². The minimum Gasteiger partial charge on any atom is -0.306 e. The van der Waals surface area contributed by atoms with Gasteiger partial charge in [0.05, 0.1) is 5.56 Å². The number of anilines is 1. The molecule has 0 spiro atoms. The molecule has 0 atom stereocenters. The molecule has 110 valence electrons. The van der Waals surface area contributed by atoms with Crippen LogP contribution >= 0.6 is 15.9 Å².